The zero-order chi connectivity index (χ0) is 11.4. The molecule has 88 valence electrons. The average molecular weight is 221 g/mol. The highest BCUT2D eigenvalue weighted by molar-refractivity contribution is 5.46. The van der Waals surface area contributed by atoms with Gasteiger partial charge in [-0.15, -0.1) is 0 Å². The molecule has 2 rings (SSSR count). The zero-order valence-corrected chi connectivity index (χ0v) is 9.69. The predicted molar refractivity (Wildman–Crippen MR) is 65.8 cm³/mol. The maximum Gasteiger partial charge on any atom is 0.130 e. The molecule has 2 heterocycles. The Hall–Kier alpha value is -1.29. The first-order valence-corrected chi connectivity index (χ1v) is 5.84. The molecule has 1 aromatic rings. The topological polar surface area (TPSA) is 48.4 Å². The first-order valence-electron chi connectivity index (χ1n) is 5.84. The van der Waals surface area contributed by atoms with Crippen molar-refractivity contribution in [3.63, 3.8) is 0 Å². The Bertz CT molecular complexity index is 335. The van der Waals surface area contributed by atoms with Crippen LogP contribution in [0.1, 0.15) is 12.8 Å². The largest absolute Gasteiger partial charge is 0.396 e. The first-order chi connectivity index (χ1) is 7.83. The van der Waals surface area contributed by atoms with Crippen LogP contribution in [0.3, 0.4) is 0 Å². The van der Waals surface area contributed by atoms with Crippen LogP contribution in [-0.4, -0.2) is 36.8 Å². The molecule has 1 aliphatic rings. The highest BCUT2D eigenvalue weighted by Gasteiger charge is 2.19. The van der Waals surface area contributed by atoms with Gasteiger partial charge >= 0.3 is 0 Å². The number of nitrogens with one attached hydrogen (secondary N) is 1. The van der Waals surface area contributed by atoms with Gasteiger partial charge < -0.3 is 15.3 Å². The number of hydrogen-bond acceptors (Lipinski definition) is 4. The van der Waals surface area contributed by atoms with Crippen molar-refractivity contribution in [1.29, 1.82) is 0 Å². The van der Waals surface area contributed by atoms with Gasteiger partial charge in [0.1, 0.15) is 11.6 Å². The van der Waals surface area contributed by atoms with Crippen molar-refractivity contribution in [2.24, 2.45) is 5.92 Å². The molecule has 0 amide bonds. The lowest BCUT2D eigenvalue weighted by molar-refractivity contribution is 0.203. The van der Waals surface area contributed by atoms with Gasteiger partial charge in [-0.25, -0.2) is 4.98 Å². The maximum atomic E-state index is 9.09. The third-order valence-corrected chi connectivity index (χ3v) is 3.19. The minimum Gasteiger partial charge on any atom is -0.396 e. The van der Waals surface area contributed by atoms with E-state index in [1.165, 1.54) is 0 Å². The molecule has 0 atom stereocenters. The second-order valence-electron chi connectivity index (χ2n) is 4.24. The van der Waals surface area contributed by atoms with Gasteiger partial charge in [0.25, 0.3) is 0 Å². The minimum atomic E-state index is 0.317. The Balaban J connectivity index is 2.02. The fraction of sp³-hybridized carbons (Fsp3) is 0.583. The second-order valence-corrected chi connectivity index (χ2v) is 4.24. The molecular formula is C12H19N3O. The van der Waals surface area contributed by atoms with E-state index in [1.54, 1.807) is 0 Å². The van der Waals surface area contributed by atoms with Crippen LogP contribution in [0.25, 0.3) is 0 Å². The minimum absolute atomic E-state index is 0.317. The van der Waals surface area contributed by atoms with Crippen LogP contribution in [0.4, 0.5) is 11.6 Å². The van der Waals surface area contributed by atoms with Crippen LogP contribution >= 0.6 is 0 Å². The lowest BCUT2D eigenvalue weighted by Gasteiger charge is -2.32. The standard InChI is InChI=1S/C12H19N3O/c1-13-11-3-2-4-12(14-11)15-7-5-10(9-16)6-8-15/h2-4,10,16H,5-9H2,1H3,(H,13,14). The highest BCUT2D eigenvalue weighted by atomic mass is 16.3. The van der Waals surface area contributed by atoms with Gasteiger partial charge in [0, 0.05) is 26.7 Å². The van der Waals surface area contributed by atoms with E-state index in [0.29, 0.717) is 12.5 Å². The number of nitrogens with zero attached hydrogens (tertiary/aromatic N) is 2. The van der Waals surface area contributed by atoms with Crippen molar-refractivity contribution in [1.82, 2.24) is 4.98 Å². The van der Waals surface area contributed by atoms with Gasteiger partial charge in [0.2, 0.25) is 0 Å². The summed E-state index contributed by atoms with van der Waals surface area (Å²) in [6.07, 6.45) is 2.12. The third-order valence-electron chi connectivity index (χ3n) is 3.19. The van der Waals surface area contributed by atoms with E-state index in [1.807, 2.05) is 25.2 Å². The summed E-state index contributed by atoms with van der Waals surface area (Å²) in [5.41, 5.74) is 0. The fourth-order valence-electron chi connectivity index (χ4n) is 2.08. The Labute approximate surface area is 96.3 Å². The fourth-order valence-corrected chi connectivity index (χ4v) is 2.08. The lowest BCUT2D eigenvalue weighted by atomic mass is 9.98. The van der Waals surface area contributed by atoms with Gasteiger partial charge in [-0.1, -0.05) is 6.07 Å². The summed E-state index contributed by atoms with van der Waals surface area (Å²) in [7, 11) is 1.88. The molecule has 4 heteroatoms. The van der Waals surface area contributed by atoms with E-state index in [0.717, 1.165) is 37.6 Å². The molecule has 1 saturated heterocycles. The van der Waals surface area contributed by atoms with E-state index in [-0.39, 0.29) is 0 Å². The summed E-state index contributed by atoms with van der Waals surface area (Å²) >= 11 is 0. The number of aliphatic hydroxyl groups excluding tert-OH is 1. The van der Waals surface area contributed by atoms with Gasteiger partial charge in [-0.3, -0.25) is 0 Å². The van der Waals surface area contributed by atoms with E-state index in [2.05, 4.69) is 15.2 Å². The number of anilines is 2. The number of pyridine rings is 1. The molecule has 16 heavy (non-hydrogen) atoms. The summed E-state index contributed by atoms with van der Waals surface area (Å²) in [4.78, 5) is 6.80. The summed E-state index contributed by atoms with van der Waals surface area (Å²) in [6.45, 7) is 2.30. The van der Waals surface area contributed by atoms with Gasteiger partial charge in [0.05, 0.1) is 0 Å². The van der Waals surface area contributed by atoms with Crippen LogP contribution < -0.4 is 10.2 Å². The molecule has 0 bridgehead atoms. The van der Waals surface area contributed by atoms with Crippen molar-refractivity contribution in [3.05, 3.63) is 18.2 Å². The molecule has 0 unspecified atom stereocenters. The molecule has 1 aliphatic heterocycles. The summed E-state index contributed by atoms with van der Waals surface area (Å²) in [6, 6.07) is 6.02. The predicted octanol–water partition coefficient (Wildman–Crippen LogP) is 1.33. The highest BCUT2D eigenvalue weighted by Crippen LogP contribution is 2.22. The van der Waals surface area contributed by atoms with Crippen molar-refractivity contribution in [2.45, 2.75) is 12.8 Å². The van der Waals surface area contributed by atoms with E-state index in [9.17, 15) is 0 Å². The third kappa shape index (κ3) is 2.44. The van der Waals surface area contributed by atoms with Gasteiger partial charge in [-0.2, -0.15) is 0 Å². The SMILES string of the molecule is CNc1cccc(N2CCC(CO)CC2)n1. The Morgan fingerprint density at radius 2 is 2.19 bits per heavy atom. The Morgan fingerprint density at radius 3 is 2.81 bits per heavy atom. The molecule has 2 N–H and O–H groups in total. The molecule has 0 radical (unpaired) electrons. The summed E-state index contributed by atoms with van der Waals surface area (Å²) in [5, 5.41) is 12.1. The lowest BCUT2D eigenvalue weighted by Crippen LogP contribution is -2.35. The molecule has 0 aromatic carbocycles. The van der Waals surface area contributed by atoms with E-state index in [4.69, 9.17) is 5.11 Å². The normalized spacial score (nSPS) is 17.5. The Kier molecular flexibility index (Phi) is 3.62. The van der Waals surface area contributed by atoms with Crippen molar-refractivity contribution < 1.29 is 5.11 Å². The number of aliphatic hydroxyl groups is 1. The summed E-state index contributed by atoms with van der Waals surface area (Å²) in [5.74, 6) is 2.41. The van der Waals surface area contributed by atoms with E-state index < -0.39 is 0 Å². The van der Waals surface area contributed by atoms with Crippen molar-refractivity contribution in [3.8, 4) is 0 Å². The van der Waals surface area contributed by atoms with E-state index >= 15 is 0 Å². The van der Waals surface area contributed by atoms with Gasteiger partial charge in [-0.05, 0) is 30.9 Å². The summed E-state index contributed by atoms with van der Waals surface area (Å²) < 4.78 is 0. The Morgan fingerprint density at radius 1 is 1.44 bits per heavy atom. The van der Waals surface area contributed by atoms with Crippen molar-refractivity contribution in [2.75, 3.05) is 37.0 Å². The first kappa shape index (κ1) is 11.2. The molecule has 0 saturated carbocycles. The van der Waals surface area contributed by atoms with Crippen LogP contribution in [0, 0.1) is 5.92 Å². The van der Waals surface area contributed by atoms with Crippen LogP contribution in [-0.2, 0) is 0 Å². The molecule has 4 nitrogen and oxygen atoms in total. The zero-order valence-electron chi connectivity index (χ0n) is 9.69. The molecule has 1 aromatic heterocycles. The number of piperidine rings is 1. The number of hydrogen-bond donors (Lipinski definition) is 2. The van der Waals surface area contributed by atoms with Crippen LogP contribution in [0.2, 0.25) is 0 Å². The van der Waals surface area contributed by atoms with Gasteiger partial charge in [0.15, 0.2) is 0 Å². The molecule has 1 fully saturated rings. The monoisotopic (exact) mass is 221 g/mol. The number of aromatic nitrogens is 1. The molecular weight excluding hydrogens is 202 g/mol. The van der Waals surface area contributed by atoms with Crippen molar-refractivity contribution >= 4 is 11.6 Å². The van der Waals surface area contributed by atoms with Crippen LogP contribution in [0.5, 0.6) is 0 Å². The number of rotatable bonds is 3. The van der Waals surface area contributed by atoms with Crippen LogP contribution in [0.15, 0.2) is 18.2 Å². The average Bonchev–Trinajstić information content (AvgIpc) is 2.39. The second kappa shape index (κ2) is 5.16. The smallest absolute Gasteiger partial charge is 0.130 e. The molecule has 0 aliphatic carbocycles. The maximum absolute atomic E-state index is 9.09. The quantitative estimate of drug-likeness (QED) is 0.808. The molecule has 0 spiro atoms.